The lowest BCUT2D eigenvalue weighted by Crippen LogP contribution is -2.22. The molecule has 1 heterocycles. The first-order valence-corrected chi connectivity index (χ1v) is 5.04. The Morgan fingerprint density at radius 3 is 3.00 bits per heavy atom. The Morgan fingerprint density at radius 1 is 1.75 bits per heavy atom. The molecule has 1 aromatic rings. The molecule has 3 N–H and O–H groups in total. The van der Waals surface area contributed by atoms with E-state index in [1.54, 1.807) is 5.01 Å². The summed E-state index contributed by atoms with van der Waals surface area (Å²) < 4.78 is 0. The fourth-order valence-corrected chi connectivity index (χ4v) is 1.01. The van der Waals surface area contributed by atoms with Gasteiger partial charge in [-0.25, -0.2) is 4.98 Å². The molecule has 16 heavy (non-hydrogen) atoms. The molecule has 1 rings (SSSR count). The highest BCUT2D eigenvalue weighted by atomic mass is 16.1. The summed E-state index contributed by atoms with van der Waals surface area (Å²) in [6, 6.07) is 0.278. The van der Waals surface area contributed by atoms with Gasteiger partial charge in [0, 0.05) is 13.1 Å². The van der Waals surface area contributed by atoms with Gasteiger partial charge < -0.3 is 10.7 Å². The minimum Gasteiger partial charge on any atom is -0.364 e. The quantitative estimate of drug-likeness (QED) is 0.581. The molecule has 1 amide bonds. The summed E-state index contributed by atoms with van der Waals surface area (Å²) in [5.74, 6) is -0.389. The molecule has 0 saturated carbocycles. The average molecular weight is 224 g/mol. The van der Waals surface area contributed by atoms with Crippen LogP contribution >= 0.6 is 0 Å². The Balaban J connectivity index is 2.76. The van der Waals surface area contributed by atoms with Crippen LogP contribution in [0, 0.1) is 0 Å². The summed E-state index contributed by atoms with van der Waals surface area (Å²) in [6.07, 6.45) is 2.32. The molecule has 0 aliphatic heterocycles. The van der Waals surface area contributed by atoms with Crippen LogP contribution < -0.4 is 5.73 Å². The van der Waals surface area contributed by atoms with Gasteiger partial charge in [0.05, 0.1) is 6.33 Å². The Labute approximate surface area is 93.7 Å². The molecule has 0 spiro atoms. The van der Waals surface area contributed by atoms with Gasteiger partial charge in [-0.3, -0.25) is 9.80 Å². The van der Waals surface area contributed by atoms with Crippen LogP contribution in [0.25, 0.3) is 0 Å². The highest BCUT2D eigenvalue weighted by Crippen LogP contribution is 2.14. The molecular formula is C9H16N6O. The van der Waals surface area contributed by atoms with Crippen LogP contribution in [-0.2, 0) is 0 Å². The lowest BCUT2D eigenvalue weighted by Gasteiger charge is -2.17. The summed E-state index contributed by atoms with van der Waals surface area (Å²) in [5, 5.41) is 9.52. The Bertz CT molecular complexity index is 385. The Morgan fingerprint density at radius 2 is 2.44 bits per heavy atom. The highest BCUT2D eigenvalue weighted by molar-refractivity contribution is 5.94. The maximum Gasteiger partial charge on any atom is 0.269 e. The molecule has 0 aliphatic carbocycles. The van der Waals surface area contributed by atoms with Crippen LogP contribution in [0.5, 0.6) is 0 Å². The van der Waals surface area contributed by atoms with Crippen molar-refractivity contribution in [2.45, 2.75) is 26.3 Å². The van der Waals surface area contributed by atoms with E-state index in [0.717, 1.165) is 6.42 Å². The predicted molar refractivity (Wildman–Crippen MR) is 59.1 cm³/mol. The molecular weight excluding hydrogens is 208 g/mol. The maximum atomic E-state index is 11.0. The zero-order chi connectivity index (χ0) is 12.1. The molecule has 7 nitrogen and oxygen atoms in total. The SMILES string of the molecule is CCC(C)N(C)/N=N/c1nc[nH]c1C(N)=O. The molecule has 1 unspecified atom stereocenters. The minimum absolute atomic E-state index is 0.168. The van der Waals surface area contributed by atoms with Gasteiger partial charge in [-0.05, 0) is 13.3 Å². The lowest BCUT2D eigenvalue weighted by atomic mass is 10.3. The first-order valence-electron chi connectivity index (χ1n) is 5.04. The monoisotopic (exact) mass is 224 g/mol. The first kappa shape index (κ1) is 12.2. The third-order valence-electron chi connectivity index (χ3n) is 2.37. The molecule has 1 atom stereocenters. The molecule has 0 aliphatic rings. The maximum absolute atomic E-state index is 11.0. The van der Waals surface area contributed by atoms with Gasteiger partial charge in [0.1, 0.15) is 0 Å². The number of amides is 1. The van der Waals surface area contributed by atoms with Gasteiger partial charge in [-0.2, -0.15) is 0 Å². The molecule has 1 aromatic heterocycles. The normalized spacial score (nSPS) is 12.9. The van der Waals surface area contributed by atoms with Crippen LogP contribution in [0.15, 0.2) is 16.7 Å². The van der Waals surface area contributed by atoms with Crippen LogP contribution in [0.4, 0.5) is 5.82 Å². The van der Waals surface area contributed by atoms with Crippen molar-refractivity contribution in [2.75, 3.05) is 7.05 Å². The molecule has 0 fully saturated rings. The van der Waals surface area contributed by atoms with Crippen LogP contribution in [0.2, 0.25) is 0 Å². The van der Waals surface area contributed by atoms with Gasteiger partial charge in [0.2, 0.25) is 5.82 Å². The molecule has 7 heteroatoms. The molecule has 88 valence electrons. The van der Waals surface area contributed by atoms with Gasteiger partial charge in [-0.15, -0.1) is 5.11 Å². The molecule has 0 aromatic carbocycles. The van der Waals surface area contributed by atoms with E-state index in [9.17, 15) is 4.79 Å². The van der Waals surface area contributed by atoms with E-state index < -0.39 is 5.91 Å². The van der Waals surface area contributed by atoms with Crippen molar-refractivity contribution in [1.82, 2.24) is 15.0 Å². The number of primary amides is 1. The number of hydrogen-bond donors (Lipinski definition) is 2. The van der Waals surface area contributed by atoms with Gasteiger partial charge >= 0.3 is 0 Å². The summed E-state index contributed by atoms with van der Waals surface area (Å²) in [4.78, 5) is 17.4. The Kier molecular flexibility index (Phi) is 3.98. The number of aromatic amines is 1. The fraction of sp³-hybridized carbons (Fsp3) is 0.556. The van der Waals surface area contributed by atoms with Crippen molar-refractivity contribution >= 4 is 11.7 Å². The fourth-order valence-electron chi connectivity index (χ4n) is 1.01. The first-order chi connectivity index (χ1) is 7.56. The van der Waals surface area contributed by atoms with Crippen molar-refractivity contribution in [2.24, 2.45) is 16.1 Å². The third kappa shape index (κ3) is 2.78. The van der Waals surface area contributed by atoms with E-state index in [2.05, 4.69) is 27.2 Å². The summed E-state index contributed by atoms with van der Waals surface area (Å²) in [6.45, 7) is 4.08. The molecule has 0 saturated heterocycles. The standard InChI is InChI=1S/C9H16N6O/c1-4-6(2)15(3)14-13-9-7(8(10)16)11-5-12-9/h5-6H,4H2,1-3H3,(H2,10,16)(H,11,12)/b14-13+. The second kappa shape index (κ2) is 5.24. The van der Waals surface area contributed by atoms with Crippen molar-refractivity contribution in [1.29, 1.82) is 0 Å². The van der Waals surface area contributed by atoms with E-state index in [0.29, 0.717) is 0 Å². The van der Waals surface area contributed by atoms with E-state index in [-0.39, 0.29) is 17.6 Å². The zero-order valence-corrected chi connectivity index (χ0v) is 9.64. The molecule has 0 bridgehead atoms. The van der Waals surface area contributed by atoms with Gasteiger partial charge in [-0.1, -0.05) is 12.1 Å². The van der Waals surface area contributed by atoms with Crippen molar-refractivity contribution < 1.29 is 4.79 Å². The second-order valence-electron chi connectivity index (χ2n) is 3.49. The van der Waals surface area contributed by atoms with E-state index in [1.807, 2.05) is 14.0 Å². The lowest BCUT2D eigenvalue weighted by molar-refractivity contribution is 0.0996. The van der Waals surface area contributed by atoms with Crippen LogP contribution in [0.1, 0.15) is 30.8 Å². The number of hydrogen-bond acceptors (Lipinski definition) is 4. The second-order valence-corrected chi connectivity index (χ2v) is 3.49. The average Bonchev–Trinajstić information content (AvgIpc) is 2.72. The number of aromatic nitrogens is 2. The number of carbonyl (C=O) groups is 1. The van der Waals surface area contributed by atoms with E-state index in [1.165, 1.54) is 6.33 Å². The largest absolute Gasteiger partial charge is 0.364 e. The van der Waals surface area contributed by atoms with Crippen LogP contribution in [0.3, 0.4) is 0 Å². The number of carbonyl (C=O) groups excluding carboxylic acids is 1. The highest BCUT2D eigenvalue weighted by Gasteiger charge is 2.10. The minimum atomic E-state index is -0.599. The number of nitrogens with zero attached hydrogens (tertiary/aromatic N) is 4. The third-order valence-corrected chi connectivity index (χ3v) is 2.37. The van der Waals surface area contributed by atoms with Crippen molar-refractivity contribution in [3.05, 3.63) is 12.0 Å². The number of rotatable bonds is 5. The van der Waals surface area contributed by atoms with Crippen molar-refractivity contribution in [3.8, 4) is 0 Å². The molecule has 0 radical (unpaired) electrons. The predicted octanol–water partition coefficient (Wildman–Crippen LogP) is 1.24. The van der Waals surface area contributed by atoms with Gasteiger partial charge in [0.25, 0.3) is 5.91 Å². The van der Waals surface area contributed by atoms with E-state index in [4.69, 9.17) is 5.73 Å². The summed E-state index contributed by atoms with van der Waals surface area (Å²) >= 11 is 0. The number of imidazole rings is 1. The van der Waals surface area contributed by atoms with Crippen LogP contribution in [-0.4, -0.2) is 34.0 Å². The summed E-state index contributed by atoms with van der Waals surface area (Å²) in [7, 11) is 1.81. The Hall–Kier alpha value is -1.92. The van der Waals surface area contributed by atoms with Gasteiger partial charge in [0.15, 0.2) is 5.69 Å². The number of nitrogens with one attached hydrogen (secondary N) is 1. The van der Waals surface area contributed by atoms with E-state index >= 15 is 0 Å². The topological polar surface area (TPSA) is 99.7 Å². The number of nitrogens with two attached hydrogens (primary N) is 1. The number of H-pyrrole nitrogens is 1. The van der Waals surface area contributed by atoms with Crippen molar-refractivity contribution in [3.63, 3.8) is 0 Å². The summed E-state index contributed by atoms with van der Waals surface area (Å²) in [5.41, 5.74) is 5.29. The zero-order valence-electron chi connectivity index (χ0n) is 9.64. The smallest absolute Gasteiger partial charge is 0.269 e.